The van der Waals surface area contributed by atoms with Crippen molar-refractivity contribution in [3.05, 3.63) is 65.5 Å². The molecule has 140 valence electrons. The maximum Gasteiger partial charge on any atom is 0.221 e. The molecule has 0 aliphatic heterocycles. The molecular formula is C22H26N4O. The van der Waals surface area contributed by atoms with Gasteiger partial charge in [-0.05, 0) is 43.5 Å². The second-order valence-electron chi connectivity index (χ2n) is 6.65. The van der Waals surface area contributed by atoms with Crippen molar-refractivity contribution in [2.45, 2.75) is 33.6 Å². The van der Waals surface area contributed by atoms with Crippen molar-refractivity contribution in [1.82, 2.24) is 9.66 Å². The van der Waals surface area contributed by atoms with Gasteiger partial charge in [0, 0.05) is 5.56 Å². The Morgan fingerprint density at radius 2 is 1.85 bits per heavy atom. The Balaban J connectivity index is 1.94. The number of hydrogen-bond acceptors (Lipinski definition) is 4. The Hall–Kier alpha value is -3.08. The summed E-state index contributed by atoms with van der Waals surface area (Å²) in [4.78, 5) is 4.18. The van der Waals surface area contributed by atoms with Gasteiger partial charge in [0.05, 0.1) is 24.7 Å². The Morgan fingerprint density at radius 3 is 2.52 bits per heavy atom. The molecular weight excluding hydrogens is 336 g/mol. The van der Waals surface area contributed by atoms with Crippen molar-refractivity contribution < 1.29 is 4.74 Å². The smallest absolute Gasteiger partial charge is 0.221 e. The number of aryl methyl sites for hydroxylation is 2. The number of benzene rings is 2. The average molecular weight is 362 g/mol. The molecule has 3 aromatic rings. The maximum atomic E-state index is 5.96. The molecule has 27 heavy (non-hydrogen) atoms. The summed E-state index contributed by atoms with van der Waals surface area (Å²) in [5.74, 6) is 1.19. The minimum Gasteiger partial charge on any atom is -0.493 e. The second kappa shape index (κ2) is 8.54. The van der Waals surface area contributed by atoms with E-state index in [4.69, 9.17) is 10.5 Å². The van der Waals surface area contributed by atoms with Crippen LogP contribution in [0.3, 0.4) is 0 Å². The minimum absolute atomic E-state index is 0.367. The molecule has 0 aliphatic rings. The fraction of sp³-hybridized carbons (Fsp3) is 0.273. The zero-order valence-electron chi connectivity index (χ0n) is 16.1. The van der Waals surface area contributed by atoms with E-state index in [1.54, 1.807) is 17.1 Å². The molecule has 0 atom stereocenters. The van der Waals surface area contributed by atoms with Crippen LogP contribution in [0.4, 0.5) is 5.95 Å². The van der Waals surface area contributed by atoms with Crippen molar-refractivity contribution in [2.75, 3.05) is 12.3 Å². The Bertz CT molecular complexity index is 926. The molecule has 0 bridgehead atoms. The number of ether oxygens (including phenoxy) is 1. The summed E-state index contributed by atoms with van der Waals surface area (Å²) < 4.78 is 7.54. The van der Waals surface area contributed by atoms with Crippen LogP contribution in [0.15, 0.2) is 53.8 Å². The highest BCUT2D eigenvalue weighted by atomic mass is 16.5. The van der Waals surface area contributed by atoms with E-state index in [1.807, 2.05) is 13.0 Å². The number of imidazole rings is 1. The number of unbranched alkanes of at least 4 members (excludes halogenated alkanes) is 1. The average Bonchev–Trinajstić information content (AvgIpc) is 2.99. The van der Waals surface area contributed by atoms with Crippen LogP contribution in [-0.2, 0) is 0 Å². The minimum atomic E-state index is 0.367. The monoisotopic (exact) mass is 362 g/mol. The van der Waals surface area contributed by atoms with E-state index in [0.29, 0.717) is 12.6 Å². The highest BCUT2D eigenvalue weighted by molar-refractivity contribution is 5.86. The molecule has 2 N–H and O–H groups in total. The number of aromatic nitrogens is 2. The van der Waals surface area contributed by atoms with Crippen LogP contribution in [0.1, 0.15) is 36.6 Å². The van der Waals surface area contributed by atoms with Crippen molar-refractivity contribution >= 4 is 12.2 Å². The number of hydrogen-bond donors (Lipinski definition) is 1. The number of nitrogen functional groups attached to an aromatic ring is 1. The summed E-state index contributed by atoms with van der Waals surface area (Å²) in [6.45, 7) is 6.81. The van der Waals surface area contributed by atoms with Gasteiger partial charge >= 0.3 is 0 Å². The molecule has 5 nitrogen and oxygen atoms in total. The van der Waals surface area contributed by atoms with Crippen LogP contribution in [-0.4, -0.2) is 22.5 Å². The molecule has 0 saturated carbocycles. The molecule has 0 amide bonds. The summed E-state index contributed by atoms with van der Waals surface area (Å²) in [5, 5.41) is 4.46. The zero-order valence-corrected chi connectivity index (χ0v) is 16.1. The summed E-state index contributed by atoms with van der Waals surface area (Å²) in [6.07, 6.45) is 5.68. The van der Waals surface area contributed by atoms with Crippen LogP contribution >= 0.6 is 0 Å². The lowest BCUT2D eigenvalue weighted by molar-refractivity contribution is 0.309. The lowest BCUT2D eigenvalue weighted by Crippen LogP contribution is -2.01. The van der Waals surface area contributed by atoms with E-state index in [0.717, 1.165) is 41.0 Å². The van der Waals surface area contributed by atoms with Gasteiger partial charge in [-0.3, -0.25) is 0 Å². The molecule has 0 radical (unpaired) electrons. The summed E-state index contributed by atoms with van der Waals surface area (Å²) in [7, 11) is 0. The Labute approximate surface area is 160 Å². The highest BCUT2D eigenvalue weighted by Gasteiger charge is 2.07. The molecule has 0 aliphatic carbocycles. The quantitative estimate of drug-likeness (QED) is 0.484. The van der Waals surface area contributed by atoms with Crippen LogP contribution in [0.2, 0.25) is 0 Å². The molecule has 0 fully saturated rings. The Morgan fingerprint density at radius 1 is 1.11 bits per heavy atom. The fourth-order valence-electron chi connectivity index (χ4n) is 2.75. The van der Waals surface area contributed by atoms with Gasteiger partial charge < -0.3 is 10.5 Å². The van der Waals surface area contributed by atoms with Gasteiger partial charge in [-0.2, -0.15) is 5.10 Å². The standard InChI is InChI=1S/C22H26N4O/c1-4-5-12-27-21-11-10-19(18-8-6-16(2)7-9-18)13-20(21)14-24-26-15-17(3)25-22(26)23/h6-11,13-15H,4-5,12H2,1-3H3,(H2,23,25). The number of anilines is 1. The predicted octanol–water partition coefficient (Wildman–Crippen LogP) is 4.81. The lowest BCUT2D eigenvalue weighted by Gasteiger charge is -2.11. The predicted molar refractivity (Wildman–Crippen MR) is 111 cm³/mol. The van der Waals surface area contributed by atoms with Crippen molar-refractivity contribution in [3.63, 3.8) is 0 Å². The Kier molecular flexibility index (Phi) is 5.91. The number of rotatable bonds is 7. The highest BCUT2D eigenvalue weighted by Crippen LogP contribution is 2.26. The van der Waals surface area contributed by atoms with E-state index in [2.05, 4.69) is 60.3 Å². The second-order valence-corrected chi connectivity index (χ2v) is 6.65. The first-order valence-electron chi connectivity index (χ1n) is 9.26. The van der Waals surface area contributed by atoms with Gasteiger partial charge in [-0.1, -0.05) is 49.2 Å². The first-order chi connectivity index (χ1) is 13.1. The SMILES string of the molecule is CCCCOc1ccc(-c2ccc(C)cc2)cc1C=Nn1cc(C)nc1N. The van der Waals surface area contributed by atoms with Crippen molar-refractivity contribution in [3.8, 4) is 16.9 Å². The summed E-state index contributed by atoms with van der Waals surface area (Å²) in [5.41, 5.74) is 11.1. The third-order valence-electron chi connectivity index (χ3n) is 4.31. The number of nitrogens with zero attached hydrogens (tertiary/aromatic N) is 3. The lowest BCUT2D eigenvalue weighted by atomic mass is 10.0. The third kappa shape index (κ3) is 4.76. The topological polar surface area (TPSA) is 65.4 Å². The van der Waals surface area contributed by atoms with Gasteiger partial charge in [-0.15, -0.1) is 0 Å². The zero-order chi connectivity index (χ0) is 19.2. The van der Waals surface area contributed by atoms with E-state index < -0.39 is 0 Å². The van der Waals surface area contributed by atoms with Crippen LogP contribution in [0, 0.1) is 13.8 Å². The van der Waals surface area contributed by atoms with E-state index in [-0.39, 0.29) is 0 Å². The normalized spacial score (nSPS) is 11.2. The van der Waals surface area contributed by atoms with E-state index in [9.17, 15) is 0 Å². The fourth-order valence-corrected chi connectivity index (χ4v) is 2.75. The van der Waals surface area contributed by atoms with E-state index in [1.165, 1.54) is 5.56 Å². The van der Waals surface area contributed by atoms with Gasteiger partial charge in [0.15, 0.2) is 0 Å². The van der Waals surface area contributed by atoms with Gasteiger partial charge in [0.25, 0.3) is 0 Å². The van der Waals surface area contributed by atoms with Crippen molar-refractivity contribution in [1.29, 1.82) is 0 Å². The van der Waals surface area contributed by atoms with Gasteiger partial charge in [-0.25, -0.2) is 9.66 Å². The van der Waals surface area contributed by atoms with Crippen LogP contribution in [0.25, 0.3) is 11.1 Å². The largest absolute Gasteiger partial charge is 0.493 e. The molecule has 3 rings (SSSR count). The first kappa shape index (κ1) is 18.7. The molecule has 0 unspecified atom stereocenters. The molecule has 0 saturated heterocycles. The van der Waals surface area contributed by atoms with Gasteiger partial charge in [0.1, 0.15) is 5.75 Å². The molecule has 1 heterocycles. The maximum absolute atomic E-state index is 5.96. The third-order valence-corrected chi connectivity index (χ3v) is 4.31. The molecule has 1 aromatic heterocycles. The summed E-state index contributed by atoms with van der Waals surface area (Å²) in [6, 6.07) is 14.7. The van der Waals surface area contributed by atoms with Crippen LogP contribution in [0.5, 0.6) is 5.75 Å². The van der Waals surface area contributed by atoms with Crippen molar-refractivity contribution in [2.24, 2.45) is 5.10 Å². The van der Waals surface area contributed by atoms with E-state index >= 15 is 0 Å². The molecule has 2 aromatic carbocycles. The summed E-state index contributed by atoms with van der Waals surface area (Å²) >= 11 is 0. The van der Waals surface area contributed by atoms with Crippen LogP contribution < -0.4 is 10.5 Å². The molecule has 5 heteroatoms. The first-order valence-corrected chi connectivity index (χ1v) is 9.26. The molecule has 0 spiro atoms. The van der Waals surface area contributed by atoms with Gasteiger partial charge in [0.2, 0.25) is 5.95 Å². The number of nitrogens with two attached hydrogens (primary N) is 1.